The van der Waals surface area contributed by atoms with Gasteiger partial charge in [-0.3, -0.25) is 4.79 Å². The summed E-state index contributed by atoms with van der Waals surface area (Å²) in [6, 6.07) is 6.15. The van der Waals surface area contributed by atoms with Crippen molar-refractivity contribution in [3.8, 4) is 5.75 Å². The largest absolute Gasteiger partial charge is 0.508 e. The molecule has 1 aromatic rings. The molecule has 1 amide bonds. The fraction of sp³-hybridized carbons (Fsp3) is 0.417. The molecule has 0 aliphatic rings. The van der Waals surface area contributed by atoms with Gasteiger partial charge in [-0.2, -0.15) is 0 Å². The van der Waals surface area contributed by atoms with E-state index in [0.717, 1.165) is 0 Å². The van der Waals surface area contributed by atoms with Crippen LogP contribution in [0, 0.1) is 0 Å². The molecule has 88 valence electrons. The van der Waals surface area contributed by atoms with Gasteiger partial charge in [0.05, 0.1) is 0 Å². The molecule has 0 atom stereocenters. The third-order valence-corrected chi connectivity index (χ3v) is 2.49. The fourth-order valence-corrected chi connectivity index (χ4v) is 1.76. The summed E-state index contributed by atoms with van der Waals surface area (Å²) in [5, 5.41) is 12.0. The van der Waals surface area contributed by atoms with Gasteiger partial charge in [0.15, 0.2) is 0 Å². The van der Waals surface area contributed by atoms with Crippen molar-refractivity contribution in [3.05, 3.63) is 29.8 Å². The second kappa shape index (κ2) is 5.21. The molecule has 3 nitrogen and oxygen atoms in total. The maximum atomic E-state index is 11.8. The highest BCUT2D eigenvalue weighted by Gasteiger charge is 2.20. The lowest BCUT2D eigenvalue weighted by molar-refractivity contribution is 0.0911. The van der Waals surface area contributed by atoms with Gasteiger partial charge in [0.25, 0.3) is 5.91 Å². The van der Waals surface area contributed by atoms with Gasteiger partial charge in [0.2, 0.25) is 0 Å². The van der Waals surface area contributed by atoms with Crippen molar-refractivity contribution in [2.24, 2.45) is 0 Å². The Bertz CT molecular complexity index is 360. The van der Waals surface area contributed by atoms with Crippen LogP contribution in [0.4, 0.5) is 0 Å². The number of alkyl halides is 1. The summed E-state index contributed by atoms with van der Waals surface area (Å²) in [6.45, 7) is 3.85. The van der Waals surface area contributed by atoms with E-state index in [2.05, 4.69) is 5.32 Å². The minimum Gasteiger partial charge on any atom is -0.508 e. The van der Waals surface area contributed by atoms with Crippen molar-refractivity contribution in [2.45, 2.75) is 25.8 Å². The Hall–Kier alpha value is -1.22. The number of phenols is 1. The lowest BCUT2D eigenvalue weighted by Gasteiger charge is -2.25. The van der Waals surface area contributed by atoms with Crippen LogP contribution in [0.25, 0.3) is 0 Å². The number of hydrogen-bond acceptors (Lipinski definition) is 2. The van der Waals surface area contributed by atoms with Gasteiger partial charge in [0.1, 0.15) is 5.75 Å². The van der Waals surface area contributed by atoms with Crippen LogP contribution in [0.5, 0.6) is 5.75 Å². The zero-order chi connectivity index (χ0) is 12.2. The fourth-order valence-electron chi connectivity index (χ4n) is 1.29. The van der Waals surface area contributed by atoms with E-state index in [1.165, 1.54) is 12.1 Å². The Balaban J connectivity index is 2.69. The van der Waals surface area contributed by atoms with Crippen molar-refractivity contribution in [3.63, 3.8) is 0 Å². The molecule has 0 bridgehead atoms. The molecule has 0 aliphatic carbocycles. The van der Waals surface area contributed by atoms with Gasteiger partial charge >= 0.3 is 0 Å². The lowest BCUT2D eigenvalue weighted by Crippen LogP contribution is -2.43. The summed E-state index contributed by atoms with van der Waals surface area (Å²) in [5.74, 6) is 0.495. The van der Waals surface area contributed by atoms with E-state index in [1.54, 1.807) is 12.1 Å². The maximum absolute atomic E-state index is 11.8. The van der Waals surface area contributed by atoms with E-state index >= 15 is 0 Å². The van der Waals surface area contributed by atoms with E-state index in [4.69, 9.17) is 16.7 Å². The highest BCUT2D eigenvalue weighted by molar-refractivity contribution is 6.17. The number of phenolic OH excluding ortho intramolecular Hbond substituents is 1. The Labute approximate surface area is 100 Å². The molecule has 0 saturated heterocycles. The van der Waals surface area contributed by atoms with Crippen LogP contribution in [0.3, 0.4) is 0 Å². The van der Waals surface area contributed by atoms with Crippen LogP contribution in [0.1, 0.15) is 30.6 Å². The number of nitrogens with one attached hydrogen (secondary N) is 1. The molecule has 1 rings (SSSR count). The van der Waals surface area contributed by atoms with Crippen LogP contribution in [-0.2, 0) is 0 Å². The Morgan fingerprint density at radius 3 is 2.44 bits per heavy atom. The first-order valence-electron chi connectivity index (χ1n) is 5.12. The van der Waals surface area contributed by atoms with E-state index < -0.39 is 0 Å². The number of hydrogen-bond donors (Lipinski definition) is 2. The molecule has 1 aromatic carbocycles. The zero-order valence-corrected chi connectivity index (χ0v) is 10.2. The molecule has 0 aromatic heterocycles. The van der Waals surface area contributed by atoms with Crippen molar-refractivity contribution < 1.29 is 9.90 Å². The molecule has 4 heteroatoms. The summed E-state index contributed by atoms with van der Waals surface area (Å²) >= 11 is 5.65. The normalized spacial score (nSPS) is 11.2. The Kier molecular flexibility index (Phi) is 4.19. The van der Waals surface area contributed by atoms with Crippen LogP contribution >= 0.6 is 11.6 Å². The van der Waals surface area contributed by atoms with Crippen molar-refractivity contribution in [2.75, 3.05) is 5.88 Å². The lowest BCUT2D eigenvalue weighted by atomic mass is 10.0. The average Bonchev–Trinajstić information content (AvgIpc) is 2.17. The summed E-state index contributed by atoms with van der Waals surface area (Å²) < 4.78 is 0. The summed E-state index contributed by atoms with van der Waals surface area (Å²) in [7, 11) is 0. The van der Waals surface area contributed by atoms with Crippen LogP contribution in [0.15, 0.2) is 24.3 Å². The molecule has 16 heavy (non-hydrogen) atoms. The minimum absolute atomic E-state index is 0.150. The third kappa shape index (κ3) is 3.74. The van der Waals surface area contributed by atoms with E-state index in [9.17, 15) is 4.79 Å². The van der Waals surface area contributed by atoms with Crippen LogP contribution in [-0.4, -0.2) is 22.4 Å². The SMILES string of the molecule is CC(C)(CCCl)NC(=O)c1ccc(O)cc1. The third-order valence-electron chi connectivity index (χ3n) is 2.30. The molecule has 2 N–H and O–H groups in total. The van der Waals surface area contributed by atoms with Gasteiger partial charge in [-0.25, -0.2) is 0 Å². The first-order valence-corrected chi connectivity index (χ1v) is 5.65. The molecular formula is C12H16ClNO2. The maximum Gasteiger partial charge on any atom is 0.251 e. The summed E-state index contributed by atoms with van der Waals surface area (Å²) in [6.07, 6.45) is 0.707. The number of carbonyl (C=O) groups is 1. The van der Waals surface area contributed by atoms with E-state index in [1.807, 2.05) is 13.8 Å². The highest BCUT2D eigenvalue weighted by atomic mass is 35.5. The first-order chi connectivity index (χ1) is 7.44. The standard InChI is InChI=1S/C12H16ClNO2/c1-12(2,7-8-13)14-11(16)9-3-5-10(15)6-4-9/h3-6,15H,7-8H2,1-2H3,(H,14,16). The first kappa shape index (κ1) is 12.8. The van der Waals surface area contributed by atoms with Crippen molar-refractivity contribution in [1.29, 1.82) is 0 Å². The molecular weight excluding hydrogens is 226 g/mol. The number of halogens is 1. The molecule has 0 fully saturated rings. The average molecular weight is 242 g/mol. The number of carbonyl (C=O) groups excluding carboxylic acids is 1. The molecule has 0 radical (unpaired) electrons. The Morgan fingerprint density at radius 2 is 1.94 bits per heavy atom. The number of aromatic hydroxyl groups is 1. The predicted octanol–water partition coefficient (Wildman–Crippen LogP) is 2.53. The predicted molar refractivity (Wildman–Crippen MR) is 65.0 cm³/mol. The van der Waals surface area contributed by atoms with Gasteiger partial charge in [-0.15, -0.1) is 11.6 Å². The van der Waals surface area contributed by atoms with Crippen LogP contribution < -0.4 is 5.32 Å². The van der Waals surface area contributed by atoms with Gasteiger partial charge in [-0.1, -0.05) is 0 Å². The summed E-state index contributed by atoms with van der Waals surface area (Å²) in [4.78, 5) is 11.8. The monoisotopic (exact) mass is 241 g/mol. The second-order valence-electron chi connectivity index (χ2n) is 4.32. The summed E-state index contributed by atoms with van der Waals surface area (Å²) in [5.41, 5.74) is 0.205. The highest BCUT2D eigenvalue weighted by Crippen LogP contribution is 2.13. The van der Waals surface area contributed by atoms with Crippen molar-refractivity contribution >= 4 is 17.5 Å². The number of benzene rings is 1. The number of amides is 1. The molecule has 0 aliphatic heterocycles. The second-order valence-corrected chi connectivity index (χ2v) is 4.70. The van der Waals surface area contributed by atoms with Gasteiger partial charge < -0.3 is 10.4 Å². The van der Waals surface area contributed by atoms with Gasteiger partial charge in [-0.05, 0) is 44.5 Å². The molecule has 0 unspecified atom stereocenters. The molecule has 0 heterocycles. The smallest absolute Gasteiger partial charge is 0.251 e. The minimum atomic E-state index is -0.323. The topological polar surface area (TPSA) is 49.3 Å². The molecule has 0 spiro atoms. The zero-order valence-electron chi connectivity index (χ0n) is 9.46. The quantitative estimate of drug-likeness (QED) is 0.796. The van der Waals surface area contributed by atoms with E-state index in [-0.39, 0.29) is 17.2 Å². The molecule has 0 saturated carbocycles. The number of rotatable bonds is 4. The Morgan fingerprint density at radius 1 is 1.38 bits per heavy atom. The van der Waals surface area contributed by atoms with Gasteiger partial charge in [0, 0.05) is 17.0 Å². The van der Waals surface area contributed by atoms with Crippen LogP contribution in [0.2, 0.25) is 0 Å². The van der Waals surface area contributed by atoms with Crippen molar-refractivity contribution in [1.82, 2.24) is 5.32 Å². The van der Waals surface area contributed by atoms with E-state index in [0.29, 0.717) is 17.9 Å².